The molecule has 3 rings (SSSR count). The van der Waals surface area contributed by atoms with Gasteiger partial charge in [0.2, 0.25) is 11.8 Å². The number of methoxy groups -OCH3 is 1. The number of pyridine rings is 1. The molecule has 0 spiro atoms. The monoisotopic (exact) mass is 345 g/mol. The summed E-state index contributed by atoms with van der Waals surface area (Å²) in [5.74, 6) is 1.23. The molecule has 25 heavy (non-hydrogen) atoms. The van der Waals surface area contributed by atoms with E-state index in [-0.39, 0.29) is 5.91 Å². The Kier molecular flexibility index (Phi) is 4.94. The van der Waals surface area contributed by atoms with E-state index in [1.807, 2.05) is 18.9 Å². The lowest BCUT2D eigenvalue weighted by molar-refractivity contribution is -0.130. The minimum atomic E-state index is 0.202. The number of hydrogen-bond donors (Lipinski definition) is 1. The Balaban J connectivity index is 1.81. The first kappa shape index (κ1) is 17.7. The van der Waals surface area contributed by atoms with Crippen molar-refractivity contribution in [3.8, 4) is 5.88 Å². The Morgan fingerprint density at radius 1 is 1.40 bits per heavy atom. The van der Waals surface area contributed by atoms with Crippen LogP contribution in [0.3, 0.4) is 0 Å². The maximum atomic E-state index is 12.5. The molecule has 0 bridgehead atoms. The second kappa shape index (κ2) is 7.00. The molecule has 1 fully saturated rings. The number of likely N-dealkylation sites (tertiary alicyclic amines) is 1. The summed E-state index contributed by atoms with van der Waals surface area (Å²) < 4.78 is 7.13. The minimum absolute atomic E-state index is 0.202. The van der Waals surface area contributed by atoms with Crippen LogP contribution in [0.15, 0.2) is 0 Å². The lowest BCUT2D eigenvalue weighted by atomic mass is 10.00. The molecule has 2 aromatic heterocycles. The number of carbonyl (C=O) groups is 1. The molecule has 0 aliphatic carbocycles. The Morgan fingerprint density at radius 2 is 2.16 bits per heavy atom. The Hall–Kier alpha value is -2.15. The van der Waals surface area contributed by atoms with Crippen molar-refractivity contribution in [2.45, 2.75) is 33.1 Å². The summed E-state index contributed by atoms with van der Waals surface area (Å²) in [5.41, 5.74) is 9.69. The Morgan fingerprint density at radius 3 is 2.80 bits per heavy atom. The van der Waals surface area contributed by atoms with Crippen molar-refractivity contribution >= 4 is 16.9 Å². The third kappa shape index (κ3) is 3.20. The van der Waals surface area contributed by atoms with Crippen LogP contribution in [0.2, 0.25) is 0 Å². The van der Waals surface area contributed by atoms with E-state index >= 15 is 0 Å². The van der Waals surface area contributed by atoms with Crippen LogP contribution in [0.4, 0.5) is 0 Å². The highest BCUT2D eigenvalue weighted by Gasteiger charge is 2.25. The third-order valence-electron chi connectivity index (χ3n) is 5.28. The zero-order chi connectivity index (χ0) is 18.1. The number of fused-ring (bicyclic) bond motifs is 1. The molecule has 2 aromatic rings. The van der Waals surface area contributed by atoms with Gasteiger partial charge in [-0.05, 0) is 50.3 Å². The summed E-state index contributed by atoms with van der Waals surface area (Å²) in [5, 5.41) is 5.31. The van der Waals surface area contributed by atoms with E-state index < -0.39 is 0 Å². The predicted molar refractivity (Wildman–Crippen MR) is 96.6 cm³/mol. The van der Waals surface area contributed by atoms with E-state index in [4.69, 9.17) is 10.5 Å². The van der Waals surface area contributed by atoms with E-state index in [9.17, 15) is 4.79 Å². The SMILES string of the molecule is COc1nn(C)c2nc(C)c(CCC(=O)N3CCC(CN)C3)c(C)c12. The summed E-state index contributed by atoms with van der Waals surface area (Å²) in [6, 6.07) is 0. The van der Waals surface area contributed by atoms with E-state index in [0.717, 1.165) is 47.4 Å². The molecule has 0 aromatic carbocycles. The van der Waals surface area contributed by atoms with Gasteiger partial charge in [-0.15, -0.1) is 5.10 Å². The highest BCUT2D eigenvalue weighted by molar-refractivity contribution is 5.86. The van der Waals surface area contributed by atoms with Crippen molar-refractivity contribution in [3.63, 3.8) is 0 Å². The first-order chi connectivity index (χ1) is 12.0. The van der Waals surface area contributed by atoms with Gasteiger partial charge in [0.15, 0.2) is 5.65 Å². The summed E-state index contributed by atoms with van der Waals surface area (Å²) in [6.45, 7) is 6.32. The molecule has 1 aliphatic heterocycles. The van der Waals surface area contributed by atoms with Crippen molar-refractivity contribution in [2.24, 2.45) is 18.7 Å². The summed E-state index contributed by atoms with van der Waals surface area (Å²) in [6.07, 6.45) is 2.19. The quantitative estimate of drug-likeness (QED) is 0.883. The normalized spacial score (nSPS) is 17.5. The van der Waals surface area contributed by atoms with Gasteiger partial charge >= 0.3 is 0 Å². The maximum Gasteiger partial charge on any atom is 0.242 e. The third-order valence-corrected chi connectivity index (χ3v) is 5.28. The number of carbonyl (C=O) groups excluding carboxylic acids is 1. The van der Waals surface area contributed by atoms with Crippen molar-refractivity contribution in [3.05, 3.63) is 16.8 Å². The van der Waals surface area contributed by atoms with E-state index in [1.165, 1.54) is 0 Å². The van der Waals surface area contributed by atoms with Gasteiger partial charge in [0.1, 0.15) is 0 Å². The first-order valence-electron chi connectivity index (χ1n) is 8.80. The van der Waals surface area contributed by atoms with Crippen LogP contribution < -0.4 is 10.5 Å². The molecule has 1 unspecified atom stereocenters. The van der Waals surface area contributed by atoms with Crippen LogP contribution in [-0.2, 0) is 18.3 Å². The largest absolute Gasteiger partial charge is 0.479 e. The van der Waals surface area contributed by atoms with Gasteiger partial charge in [-0.2, -0.15) is 0 Å². The molecule has 2 N–H and O–H groups in total. The average Bonchev–Trinajstić information content (AvgIpc) is 3.19. The van der Waals surface area contributed by atoms with Crippen molar-refractivity contribution in [1.29, 1.82) is 0 Å². The highest BCUT2D eigenvalue weighted by atomic mass is 16.5. The topological polar surface area (TPSA) is 86.3 Å². The molecule has 0 radical (unpaired) electrons. The van der Waals surface area contributed by atoms with E-state index in [2.05, 4.69) is 17.0 Å². The molecule has 0 saturated carbocycles. The van der Waals surface area contributed by atoms with Crippen molar-refractivity contribution < 1.29 is 9.53 Å². The number of rotatable bonds is 5. The lowest BCUT2D eigenvalue weighted by Crippen LogP contribution is -2.30. The number of aryl methyl sites for hydroxylation is 3. The fraction of sp³-hybridized carbons (Fsp3) is 0.611. The Bertz CT molecular complexity index is 799. The molecule has 7 heteroatoms. The fourth-order valence-corrected chi connectivity index (χ4v) is 3.75. The highest BCUT2D eigenvalue weighted by Crippen LogP contribution is 2.30. The summed E-state index contributed by atoms with van der Waals surface area (Å²) in [4.78, 5) is 19.1. The number of nitrogens with zero attached hydrogens (tertiary/aromatic N) is 4. The van der Waals surface area contributed by atoms with Crippen LogP contribution in [-0.4, -0.2) is 52.3 Å². The van der Waals surface area contributed by atoms with Gasteiger partial charge in [-0.1, -0.05) is 0 Å². The summed E-state index contributed by atoms with van der Waals surface area (Å²) >= 11 is 0. The van der Waals surface area contributed by atoms with E-state index in [0.29, 0.717) is 31.2 Å². The molecule has 3 heterocycles. The van der Waals surface area contributed by atoms with Gasteiger partial charge in [0, 0.05) is 32.3 Å². The number of nitrogens with two attached hydrogens (primary N) is 1. The zero-order valence-corrected chi connectivity index (χ0v) is 15.5. The molecule has 1 aliphatic rings. The van der Waals surface area contributed by atoms with Gasteiger partial charge < -0.3 is 15.4 Å². The van der Waals surface area contributed by atoms with Crippen LogP contribution in [0, 0.1) is 19.8 Å². The summed E-state index contributed by atoms with van der Waals surface area (Å²) in [7, 11) is 3.48. The van der Waals surface area contributed by atoms with Crippen molar-refractivity contribution in [1.82, 2.24) is 19.7 Å². The second-order valence-corrected chi connectivity index (χ2v) is 6.86. The standard InChI is InChI=1S/C18H27N5O2/c1-11-14(5-6-15(24)23-8-7-13(9-19)10-23)12(2)20-17-16(11)18(25-4)21-22(17)3/h13H,5-10,19H2,1-4H3. The Labute approximate surface area is 148 Å². The van der Waals surface area contributed by atoms with Crippen LogP contribution in [0.1, 0.15) is 29.7 Å². The van der Waals surface area contributed by atoms with Crippen molar-refractivity contribution in [2.75, 3.05) is 26.7 Å². The molecular weight excluding hydrogens is 318 g/mol. The number of amides is 1. The molecule has 1 amide bonds. The average molecular weight is 345 g/mol. The minimum Gasteiger partial charge on any atom is -0.479 e. The van der Waals surface area contributed by atoms with Crippen LogP contribution in [0.25, 0.3) is 11.0 Å². The zero-order valence-electron chi connectivity index (χ0n) is 15.5. The van der Waals surface area contributed by atoms with Gasteiger partial charge in [0.25, 0.3) is 0 Å². The van der Waals surface area contributed by atoms with Gasteiger partial charge in [-0.25, -0.2) is 9.67 Å². The smallest absolute Gasteiger partial charge is 0.242 e. The van der Waals surface area contributed by atoms with Crippen LogP contribution in [0.5, 0.6) is 5.88 Å². The number of hydrogen-bond acceptors (Lipinski definition) is 5. The predicted octanol–water partition coefficient (Wildman–Crippen LogP) is 1.33. The maximum absolute atomic E-state index is 12.5. The van der Waals surface area contributed by atoms with Crippen LogP contribution >= 0.6 is 0 Å². The molecule has 1 atom stereocenters. The molecular formula is C18H27N5O2. The molecule has 7 nitrogen and oxygen atoms in total. The first-order valence-corrected chi connectivity index (χ1v) is 8.80. The van der Waals surface area contributed by atoms with E-state index in [1.54, 1.807) is 11.8 Å². The number of ether oxygens (including phenoxy) is 1. The fourth-order valence-electron chi connectivity index (χ4n) is 3.75. The molecule has 136 valence electrons. The van der Waals surface area contributed by atoms with Gasteiger partial charge in [-0.3, -0.25) is 4.79 Å². The number of aromatic nitrogens is 3. The van der Waals surface area contributed by atoms with Gasteiger partial charge in [0.05, 0.1) is 12.5 Å². The second-order valence-electron chi connectivity index (χ2n) is 6.86. The molecule has 1 saturated heterocycles. The lowest BCUT2D eigenvalue weighted by Gasteiger charge is -2.17.